The van der Waals surface area contributed by atoms with E-state index >= 15 is 0 Å². The Balaban J connectivity index is 2.03. The minimum atomic E-state index is -1.38. The van der Waals surface area contributed by atoms with E-state index in [4.69, 9.17) is 9.47 Å². The van der Waals surface area contributed by atoms with Gasteiger partial charge in [-0.05, 0) is 31.2 Å². The van der Waals surface area contributed by atoms with Gasteiger partial charge in [0, 0.05) is 22.8 Å². The van der Waals surface area contributed by atoms with Gasteiger partial charge in [-0.2, -0.15) is 0 Å². The highest BCUT2D eigenvalue weighted by molar-refractivity contribution is 6.02. The Morgan fingerprint density at radius 3 is 2.09 bits per heavy atom. The fourth-order valence-electron chi connectivity index (χ4n) is 3.17. The Morgan fingerprint density at radius 2 is 1.55 bits per heavy atom. The molecule has 0 spiro atoms. The van der Waals surface area contributed by atoms with Crippen LogP contribution in [0.4, 0.5) is 11.4 Å². The standard InChI is InChI=1S/C23H18N2O8/c1-14-19(12-17(24(28)29)13-20(14)25(30)31)23(27)33-22(16-6-4-3-5-7-16)21(26)15-8-10-18(32-2)11-9-15/h3-13,22H,1-2H3/t22-/m1/s1. The van der Waals surface area contributed by atoms with Crippen LogP contribution < -0.4 is 4.74 Å². The number of rotatable bonds is 8. The summed E-state index contributed by atoms with van der Waals surface area (Å²) in [7, 11) is 1.48. The summed E-state index contributed by atoms with van der Waals surface area (Å²) < 4.78 is 10.6. The zero-order valence-electron chi connectivity index (χ0n) is 17.6. The molecular formula is C23H18N2O8. The number of nitro benzene ring substituents is 2. The number of hydrogen-bond acceptors (Lipinski definition) is 8. The molecule has 0 bridgehead atoms. The molecule has 0 N–H and O–H groups in total. The molecule has 10 nitrogen and oxygen atoms in total. The minimum absolute atomic E-state index is 0.112. The van der Waals surface area contributed by atoms with Crippen molar-refractivity contribution in [3.63, 3.8) is 0 Å². The normalized spacial score (nSPS) is 11.3. The molecule has 0 amide bonds. The van der Waals surface area contributed by atoms with Crippen LogP contribution >= 0.6 is 0 Å². The SMILES string of the molecule is COc1ccc(C(=O)[C@H](OC(=O)c2cc([N+](=O)[O-])cc([N+](=O)[O-])c2C)c2ccccc2)cc1. The molecule has 33 heavy (non-hydrogen) atoms. The Hall–Kier alpha value is -4.60. The quantitative estimate of drug-likeness (QED) is 0.210. The molecule has 3 rings (SSSR count). The predicted octanol–water partition coefficient (Wildman–Crippen LogP) is 4.60. The number of Topliss-reactive ketones (excluding diaryl/α,β-unsaturated/α-hetero) is 1. The molecule has 3 aromatic carbocycles. The number of nitrogens with zero attached hydrogens (tertiary/aromatic N) is 2. The lowest BCUT2D eigenvalue weighted by atomic mass is 9.99. The number of hydrogen-bond donors (Lipinski definition) is 0. The number of non-ortho nitro benzene ring substituents is 1. The number of carbonyl (C=O) groups is 2. The van der Waals surface area contributed by atoms with Gasteiger partial charge in [0.05, 0.1) is 28.6 Å². The van der Waals surface area contributed by atoms with E-state index in [1.54, 1.807) is 42.5 Å². The summed E-state index contributed by atoms with van der Waals surface area (Å²) in [6, 6.07) is 16.0. The Labute approximate surface area is 187 Å². The van der Waals surface area contributed by atoms with Crippen LogP contribution in [0.5, 0.6) is 5.75 Å². The van der Waals surface area contributed by atoms with Crippen molar-refractivity contribution >= 4 is 23.1 Å². The Kier molecular flexibility index (Phi) is 6.77. The maximum atomic E-state index is 13.2. The summed E-state index contributed by atoms with van der Waals surface area (Å²) in [5, 5.41) is 22.5. The smallest absolute Gasteiger partial charge is 0.339 e. The Bertz CT molecular complexity index is 1220. The molecule has 0 aliphatic heterocycles. The van der Waals surface area contributed by atoms with E-state index in [1.807, 2.05) is 0 Å². The number of methoxy groups -OCH3 is 1. The zero-order chi connectivity index (χ0) is 24.1. The van der Waals surface area contributed by atoms with E-state index in [-0.39, 0.29) is 16.7 Å². The summed E-state index contributed by atoms with van der Waals surface area (Å²) in [6.07, 6.45) is -1.38. The third kappa shape index (κ3) is 5.01. The lowest BCUT2D eigenvalue weighted by Crippen LogP contribution is -2.21. The fraction of sp³-hybridized carbons (Fsp3) is 0.130. The minimum Gasteiger partial charge on any atom is -0.497 e. The van der Waals surface area contributed by atoms with Crippen molar-refractivity contribution in [2.45, 2.75) is 13.0 Å². The molecule has 3 aromatic rings. The fourth-order valence-corrected chi connectivity index (χ4v) is 3.17. The summed E-state index contributed by atoms with van der Waals surface area (Å²) in [5.74, 6) is -1.12. The van der Waals surface area contributed by atoms with Crippen LogP contribution in [0, 0.1) is 27.2 Å². The molecule has 0 saturated heterocycles. The Morgan fingerprint density at radius 1 is 0.909 bits per heavy atom. The molecule has 0 aromatic heterocycles. The highest BCUT2D eigenvalue weighted by Crippen LogP contribution is 2.31. The van der Waals surface area contributed by atoms with Crippen LogP contribution in [0.1, 0.15) is 37.9 Å². The molecule has 0 radical (unpaired) electrons. The van der Waals surface area contributed by atoms with Crippen molar-refractivity contribution < 1.29 is 28.9 Å². The second kappa shape index (κ2) is 9.69. The van der Waals surface area contributed by atoms with Gasteiger partial charge in [-0.3, -0.25) is 25.0 Å². The third-order valence-corrected chi connectivity index (χ3v) is 4.93. The van der Waals surface area contributed by atoms with Gasteiger partial charge in [-0.25, -0.2) is 4.79 Å². The second-order valence-corrected chi connectivity index (χ2v) is 6.94. The maximum Gasteiger partial charge on any atom is 0.339 e. The number of nitro groups is 2. The van der Waals surface area contributed by atoms with Gasteiger partial charge < -0.3 is 9.47 Å². The number of benzene rings is 3. The van der Waals surface area contributed by atoms with Crippen molar-refractivity contribution in [1.29, 1.82) is 0 Å². The number of esters is 1. The van der Waals surface area contributed by atoms with Crippen LogP contribution in [0.15, 0.2) is 66.7 Å². The molecular weight excluding hydrogens is 432 g/mol. The van der Waals surface area contributed by atoms with Gasteiger partial charge in [-0.15, -0.1) is 0 Å². The molecule has 0 aliphatic carbocycles. The first kappa shape index (κ1) is 23.1. The first-order valence-electron chi connectivity index (χ1n) is 9.60. The van der Waals surface area contributed by atoms with Crippen LogP contribution in [0.2, 0.25) is 0 Å². The summed E-state index contributed by atoms with van der Waals surface area (Å²) in [6.45, 7) is 1.28. The van der Waals surface area contributed by atoms with Gasteiger partial charge >= 0.3 is 5.97 Å². The third-order valence-electron chi connectivity index (χ3n) is 4.93. The molecule has 0 fully saturated rings. The first-order chi connectivity index (χ1) is 15.7. The first-order valence-corrected chi connectivity index (χ1v) is 9.60. The molecule has 0 unspecified atom stereocenters. The number of ether oxygens (including phenoxy) is 2. The average molecular weight is 450 g/mol. The summed E-state index contributed by atoms with van der Waals surface area (Å²) in [4.78, 5) is 47.1. The van der Waals surface area contributed by atoms with Crippen LogP contribution in [-0.4, -0.2) is 28.7 Å². The highest BCUT2D eigenvalue weighted by atomic mass is 16.6. The highest BCUT2D eigenvalue weighted by Gasteiger charge is 2.30. The van der Waals surface area contributed by atoms with Gasteiger partial charge in [0.15, 0.2) is 6.10 Å². The molecule has 0 saturated carbocycles. The van der Waals surface area contributed by atoms with E-state index < -0.39 is 39.1 Å². The van der Waals surface area contributed by atoms with Crippen molar-refractivity contribution in [2.24, 2.45) is 0 Å². The van der Waals surface area contributed by atoms with E-state index in [2.05, 4.69) is 0 Å². The van der Waals surface area contributed by atoms with E-state index in [1.165, 1.54) is 26.2 Å². The van der Waals surface area contributed by atoms with Crippen molar-refractivity contribution in [1.82, 2.24) is 0 Å². The molecule has 0 aliphatic rings. The zero-order valence-corrected chi connectivity index (χ0v) is 17.6. The second-order valence-electron chi connectivity index (χ2n) is 6.94. The molecule has 168 valence electrons. The number of ketones is 1. The lowest BCUT2D eigenvalue weighted by molar-refractivity contribution is -0.394. The van der Waals surface area contributed by atoms with Gasteiger partial charge in [-0.1, -0.05) is 30.3 Å². The summed E-state index contributed by atoms with van der Waals surface area (Å²) in [5.41, 5.74) is -1.13. The van der Waals surface area contributed by atoms with Crippen molar-refractivity contribution in [2.75, 3.05) is 7.11 Å². The molecule has 1 atom stereocenters. The monoisotopic (exact) mass is 450 g/mol. The molecule has 10 heteroatoms. The predicted molar refractivity (Wildman–Crippen MR) is 116 cm³/mol. The number of carbonyl (C=O) groups excluding carboxylic acids is 2. The van der Waals surface area contributed by atoms with Crippen molar-refractivity contribution in [3.05, 3.63) is 109 Å². The van der Waals surface area contributed by atoms with Gasteiger partial charge in [0.1, 0.15) is 5.75 Å². The molecule has 0 heterocycles. The van der Waals surface area contributed by atoms with E-state index in [0.717, 1.165) is 12.1 Å². The topological polar surface area (TPSA) is 139 Å². The largest absolute Gasteiger partial charge is 0.497 e. The van der Waals surface area contributed by atoms with E-state index in [0.29, 0.717) is 11.3 Å². The van der Waals surface area contributed by atoms with Crippen LogP contribution in [0.3, 0.4) is 0 Å². The average Bonchev–Trinajstić information content (AvgIpc) is 2.82. The lowest BCUT2D eigenvalue weighted by Gasteiger charge is -2.18. The van der Waals surface area contributed by atoms with Crippen molar-refractivity contribution in [3.8, 4) is 5.75 Å². The summed E-state index contributed by atoms with van der Waals surface area (Å²) >= 11 is 0. The van der Waals surface area contributed by atoms with E-state index in [9.17, 15) is 29.8 Å². The van der Waals surface area contributed by atoms with Crippen LogP contribution in [-0.2, 0) is 4.74 Å². The van der Waals surface area contributed by atoms with Crippen LogP contribution in [0.25, 0.3) is 0 Å². The maximum absolute atomic E-state index is 13.2. The van der Waals surface area contributed by atoms with Gasteiger partial charge in [0.2, 0.25) is 5.78 Å². The van der Waals surface area contributed by atoms with Gasteiger partial charge in [0.25, 0.3) is 11.4 Å².